The van der Waals surface area contributed by atoms with Crippen molar-refractivity contribution >= 4 is 23.6 Å². The molecule has 41 heavy (non-hydrogen) atoms. The number of hydrogen-bond acceptors (Lipinski definition) is 7. The quantitative estimate of drug-likeness (QED) is 0.314. The Hall–Kier alpha value is -3.95. The first-order chi connectivity index (χ1) is 19.9. The van der Waals surface area contributed by atoms with Crippen molar-refractivity contribution in [2.45, 2.75) is 70.6 Å². The summed E-state index contributed by atoms with van der Waals surface area (Å²) >= 11 is 0. The van der Waals surface area contributed by atoms with Crippen molar-refractivity contribution in [3.8, 4) is 0 Å². The van der Waals surface area contributed by atoms with Crippen LogP contribution in [0.1, 0.15) is 68.4 Å². The molecule has 7 rings (SSSR count). The Morgan fingerprint density at radius 3 is 2.59 bits per heavy atom. The molecule has 2 saturated carbocycles. The van der Waals surface area contributed by atoms with Gasteiger partial charge in [-0.2, -0.15) is 5.10 Å². The van der Waals surface area contributed by atoms with Crippen molar-refractivity contribution in [1.29, 1.82) is 0 Å². The van der Waals surface area contributed by atoms with Gasteiger partial charge in [-0.3, -0.25) is 9.59 Å². The average molecular weight is 560 g/mol. The van der Waals surface area contributed by atoms with Gasteiger partial charge < -0.3 is 20.1 Å². The summed E-state index contributed by atoms with van der Waals surface area (Å²) < 4.78 is 12.3. The fourth-order valence-corrected chi connectivity index (χ4v) is 6.79. The molecule has 2 bridgehead atoms. The predicted octanol–water partition coefficient (Wildman–Crippen LogP) is 4.13. The number of ether oxygens (including phenoxy) is 2. The monoisotopic (exact) mass is 559 g/mol. The van der Waals surface area contributed by atoms with Crippen molar-refractivity contribution in [3.05, 3.63) is 65.6 Å². The van der Waals surface area contributed by atoms with E-state index >= 15 is 0 Å². The number of carbonyl (C=O) groups excluding carboxylic acids is 3. The van der Waals surface area contributed by atoms with E-state index in [1.807, 2.05) is 48.7 Å². The molecule has 0 radical (unpaired) electrons. The van der Waals surface area contributed by atoms with E-state index in [2.05, 4.69) is 17.6 Å². The maximum Gasteiger partial charge on any atom is 0.408 e. The molecule has 3 aromatic rings. The maximum atomic E-state index is 13.1. The molecule has 2 atom stereocenters. The molecule has 2 N–H and O–H groups in total. The summed E-state index contributed by atoms with van der Waals surface area (Å²) in [5.74, 6) is 0.0204. The number of piperidine rings is 2. The standard InChI is InChI=1S/C31H37N5O5/c1-19-8-10-21(11-9-19)27(34-30(39)41-18-20-6-4-3-5-7-20)25-17-36-26(33-25)13-12-23(35-36)16-31(29(38)40-2)22-14-24(15-22)32-28(31)37/h3-7,12-13,17,19,21-22,24,27H,8-11,14-16,18H2,1-2H3,(H,32,37)(H,34,39)/t19?,21?,22?,24?,27-,31?/m0/s1. The van der Waals surface area contributed by atoms with Crippen LogP contribution in [0.5, 0.6) is 0 Å². The summed E-state index contributed by atoms with van der Waals surface area (Å²) in [4.78, 5) is 43.8. The zero-order valence-electron chi connectivity index (χ0n) is 23.5. The molecule has 2 aromatic heterocycles. The second-order valence-electron chi connectivity index (χ2n) is 12.0. The van der Waals surface area contributed by atoms with Gasteiger partial charge in [-0.1, -0.05) is 50.1 Å². The number of alkyl carbamates (subject to hydrolysis) is 1. The summed E-state index contributed by atoms with van der Waals surface area (Å²) in [6.07, 6.45) is 7.20. The normalized spacial score (nSPS) is 27.8. The van der Waals surface area contributed by atoms with Crippen molar-refractivity contribution in [3.63, 3.8) is 0 Å². The molecule has 4 heterocycles. The molecular weight excluding hydrogens is 522 g/mol. The molecule has 10 heteroatoms. The Bertz CT molecular complexity index is 1420. The molecule has 216 valence electrons. The lowest BCUT2D eigenvalue weighted by atomic mass is 9.57. The molecule has 10 nitrogen and oxygen atoms in total. The third kappa shape index (κ3) is 5.27. The maximum absolute atomic E-state index is 13.1. The first kappa shape index (κ1) is 27.2. The van der Waals surface area contributed by atoms with E-state index in [9.17, 15) is 14.4 Å². The van der Waals surface area contributed by atoms with Gasteiger partial charge in [0.1, 0.15) is 6.61 Å². The Balaban J connectivity index is 1.24. The van der Waals surface area contributed by atoms with Crippen LogP contribution < -0.4 is 10.6 Å². The van der Waals surface area contributed by atoms with E-state index in [1.54, 1.807) is 4.52 Å². The van der Waals surface area contributed by atoms with E-state index in [0.29, 0.717) is 23.0 Å². The van der Waals surface area contributed by atoms with Crippen molar-refractivity contribution < 1.29 is 23.9 Å². The molecule has 4 fully saturated rings. The van der Waals surface area contributed by atoms with Crippen LogP contribution in [0.4, 0.5) is 4.79 Å². The summed E-state index contributed by atoms with van der Waals surface area (Å²) in [5.41, 5.74) is 1.58. The SMILES string of the molecule is COC(=O)C1(Cc2ccc3nc([C@@H](NC(=O)OCc4ccccc4)C4CCC(C)CC4)cn3n2)C(=O)NC2CC1C2. The second kappa shape index (κ2) is 11.1. The average Bonchev–Trinajstić information content (AvgIpc) is 3.39. The third-order valence-electron chi connectivity index (χ3n) is 9.32. The Morgan fingerprint density at radius 1 is 1.12 bits per heavy atom. The number of amides is 2. The van der Waals surface area contributed by atoms with E-state index in [1.165, 1.54) is 7.11 Å². The van der Waals surface area contributed by atoms with Crippen LogP contribution in [0, 0.1) is 23.2 Å². The number of carbonyl (C=O) groups is 3. The fraction of sp³-hybridized carbons (Fsp3) is 0.516. The third-order valence-corrected chi connectivity index (χ3v) is 9.32. The van der Waals surface area contributed by atoms with Crippen LogP contribution in [0.2, 0.25) is 0 Å². The lowest BCUT2D eigenvalue weighted by Gasteiger charge is -2.52. The van der Waals surface area contributed by atoms with Gasteiger partial charge in [0.25, 0.3) is 0 Å². The summed E-state index contributed by atoms with van der Waals surface area (Å²) in [5, 5.41) is 10.8. The van der Waals surface area contributed by atoms with Gasteiger partial charge in [0.2, 0.25) is 5.91 Å². The number of nitrogens with one attached hydrogen (secondary N) is 2. The van der Waals surface area contributed by atoms with E-state index in [4.69, 9.17) is 19.6 Å². The predicted molar refractivity (Wildman–Crippen MR) is 149 cm³/mol. The molecular formula is C31H37N5O5. The molecule has 2 amide bonds. The summed E-state index contributed by atoms with van der Waals surface area (Å²) in [7, 11) is 1.32. The fourth-order valence-electron chi connectivity index (χ4n) is 6.79. The van der Waals surface area contributed by atoms with Gasteiger partial charge in [0.05, 0.1) is 30.7 Å². The molecule has 1 unspecified atom stereocenters. The van der Waals surface area contributed by atoms with Crippen LogP contribution in [0.15, 0.2) is 48.7 Å². The molecule has 0 spiro atoms. The highest BCUT2D eigenvalue weighted by Crippen LogP contribution is 2.49. The Morgan fingerprint density at radius 2 is 1.88 bits per heavy atom. The second-order valence-corrected chi connectivity index (χ2v) is 12.0. The number of esters is 1. The number of benzene rings is 1. The largest absolute Gasteiger partial charge is 0.468 e. The Kier molecular flexibility index (Phi) is 7.40. The number of aromatic nitrogens is 3. The van der Waals surface area contributed by atoms with Crippen LogP contribution in [0.25, 0.3) is 5.65 Å². The van der Waals surface area contributed by atoms with Crippen molar-refractivity contribution in [2.75, 3.05) is 7.11 Å². The summed E-state index contributed by atoms with van der Waals surface area (Å²) in [6, 6.07) is 13.1. The number of methoxy groups -OCH3 is 1. The van der Waals surface area contributed by atoms with Gasteiger partial charge in [-0.05, 0) is 61.1 Å². The van der Waals surface area contributed by atoms with Crippen molar-refractivity contribution in [1.82, 2.24) is 25.2 Å². The minimum Gasteiger partial charge on any atom is -0.468 e. The lowest BCUT2D eigenvalue weighted by molar-refractivity contribution is -0.173. The first-order valence-electron chi connectivity index (χ1n) is 14.6. The topological polar surface area (TPSA) is 124 Å². The smallest absolute Gasteiger partial charge is 0.408 e. The molecule has 2 saturated heterocycles. The molecule has 2 aliphatic carbocycles. The van der Waals surface area contributed by atoms with E-state index in [0.717, 1.165) is 44.1 Å². The number of rotatable bonds is 8. The van der Waals surface area contributed by atoms with Gasteiger partial charge in [0, 0.05) is 12.5 Å². The molecule has 2 aliphatic heterocycles. The zero-order chi connectivity index (χ0) is 28.6. The minimum absolute atomic E-state index is 0.0614. The molecule has 1 aromatic carbocycles. The highest BCUT2D eigenvalue weighted by molar-refractivity contribution is 6.04. The summed E-state index contributed by atoms with van der Waals surface area (Å²) in [6.45, 7) is 2.45. The number of hydrogen-bond donors (Lipinski definition) is 2. The highest BCUT2D eigenvalue weighted by atomic mass is 16.5. The van der Waals surface area contributed by atoms with Gasteiger partial charge in [0.15, 0.2) is 11.1 Å². The van der Waals surface area contributed by atoms with Crippen LogP contribution in [-0.4, -0.2) is 45.7 Å². The first-order valence-corrected chi connectivity index (χ1v) is 14.6. The number of imidazole rings is 1. The zero-order valence-corrected chi connectivity index (χ0v) is 23.5. The van der Waals surface area contributed by atoms with E-state index < -0.39 is 17.5 Å². The highest BCUT2D eigenvalue weighted by Gasteiger charge is 2.61. The lowest BCUT2D eigenvalue weighted by Crippen LogP contribution is -2.67. The number of fused-ring (bicyclic) bond motifs is 3. The van der Waals surface area contributed by atoms with Gasteiger partial charge in [-0.25, -0.2) is 14.3 Å². The van der Waals surface area contributed by atoms with Crippen LogP contribution in [-0.2, 0) is 32.1 Å². The van der Waals surface area contributed by atoms with Crippen LogP contribution >= 0.6 is 0 Å². The minimum atomic E-state index is -1.28. The van der Waals surface area contributed by atoms with Crippen molar-refractivity contribution in [2.24, 2.45) is 23.2 Å². The number of nitrogens with zero attached hydrogens (tertiary/aromatic N) is 3. The van der Waals surface area contributed by atoms with Gasteiger partial charge in [-0.15, -0.1) is 0 Å². The molecule has 4 aliphatic rings. The van der Waals surface area contributed by atoms with Gasteiger partial charge >= 0.3 is 12.1 Å². The van der Waals surface area contributed by atoms with Crippen LogP contribution in [0.3, 0.4) is 0 Å². The van der Waals surface area contributed by atoms with E-state index in [-0.39, 0.29) is 42.9 Å². The Labute approximate surface area is 239 Å².